The SMILES string of the molecule is CCSC(SCC)[C@@H]([C@H]1OC(C)(C)O[C@@H]1[C@H]1COC(C)(C)O1)N1C(=O)[C@@H](OC)[C@H]1/C=C/c1ccccc1. The first-order valence-corrected chi connectivity index (χ1v) is 15.2. The molecular weight excluding hydrogens is 510 g/mol. The molecular formula is C28H41NO6S2. The summed E-state index contributed by atoms with van der Waals surface area (Å²) in [7, 11) is 1.60. The van der Waals surface area contributed by atoms with Crippen LogP contribution in [0, 0.1) is 0 Å². The molecule has 1 aromatic carbocycles. The maximum atomic E-state index is 13.6. The number of rotatable bonds is 11. The Morgan fingerprint density at radius 1 is 1.05 bits per heavy atom. The second kappa shape index (κ2) is 12.0. The van der Waals surface area contributed by atoms with Gasteiger partial charge in [0.15, 0.2) is 17.7 Å². The smallest absolute Gasteiger partial charge is 0.255 e. The number of β-lactam (4-membered cyclic amide) rings is 1. The third-order valence-corrected chi connectivity index (χ3v) is 9.53. The van der Waals surface area contributed by atoms with E-state index in [1.807, 2.05) is 74.3 Å². The fraction of sp³-hybridized carbons (Fsp3) is 0.679. The van der Waals surface area contributed by atoms with E-state index in [-0.39, 0.29) is 34.8 Å². The van der Waals surface area contributed by atoms with E-state index in [2.05, 4.69) is 38.1 Å². The summed E-state index contributed by atoms with van der Waals surface area (Å²) in [4.78, 5) is 15.6. The van der Waals surface area contributed by atoms with Gasteiger partial charge in [0.25, 0.3) is 5.91 Å². The zero-order valence-electron chi connectivity index (χ0n) is 22.9. The normalized spacial score (nSPS) is 31.8. The van der Waals surface area contributed by atoms with Crippen LogP contribution in [-0.4, -0.2) is 88.7 Å². The monoisotopic (exact) mass is 551 g/mol. The van der Waals surface area contributed by atoms with Crippen LogP contribution >= 0.6 is 23.5 Å². The highest BCUT2D eigenvalue weighted by Gasteiger charge is 2.60. The number of carbonyl (C=O) groups is 1. The summed E-state index contributed by atoms with van der Waals surface area (Å²) in [6, 6.07) is 9.64. The lowest BCUT2D eigenvalue weighted by Gasteiger charge is -2.52. The number of carbonyl (C=O) groups excluding carboxylic acids is 1. The molecule has 4 rings (SSSR count). The maximum absolute atomic E-state index is 13.6. The van der Waals surface area contributed by atoms with Gasteiger partial charge in [-0.2, -0.15) is 0 Å². The molecule has 37 heavy (non-hydrogen) atoms. The van der Waals surface area contributed by atoms with Gasteiger partial charge < -0.3 is 28.6 Å². The van der Waals surface area contributed by atoms with Crippen molar-refractivity contribution in [2.75, 3.05) is 25.2 Å². The van der Waals surface area contributed by atoms with E-state index in [1.54, 1.807) is 7.11 Å². The van der Waals surface area contributed by atoms with E-state index in [0.717, 1.165) is 17.1 Å². The van der Waals surface area contributed by atoms with Crippen LogP contribution in [0.25, 0.3) is 6.08 Å². The summed E-state index contributed by atoms with van der Waals surface area (Å²) in [6.07, 6.45) is 2.54. The number of methoxy groups -OCH3 is 1. The minimum absolute atomic E-state index is 0.0235. The topological polar surface area (TPSA) is 66.5 Å². The van der Waals surface area contributed by atoms with Crippen LogP contribution in [0.2, 0.25) is 0 Å². The minimum atomic E-state index is -0.814. The number of nitrogens with zero attached hydrogens (tertiary/aromatic N) is 1. The molecule has 0 bridgehead atoms. The van der Waals surface area contributed by atoms with Crippen LogP contribution in [0.15, 0.2) is 36.4 Å². The number of thioether (sulfide) groups is 2. The third-order valence-electron chi connectivity index (χ3n) is 6.83. The van der Waals surface area contributed by atoms with Crippen molar-refractivity contribution >= 4 is 35.5 Å². The van der Waals surface area contributed by atoms with Gasteiger partial charge in [-0.15, -0.1) is 23.5 Å². The van der Waals surface area contributed by atoms with E-state index in [4.69, 9.17) is 23.7 Å². The lowest BCUT2D eigenvalue weighted by atomic mass is 9.90. The summed E-state index contributed by atoms with van der Waals surface area (Å²) < 4.78 is 31.0. The van der Waals surface area contributed by atoms with Crippen molar-refractivity contribution < 1.29 is 28.5 Å². The number of likely N-dealkylation sites (tertiary alicyclic amines) is 1. The number of amides is 1. The Bertz CT molecular complexity index is 936. The van der Waals surface area contributed by atoms with Gasteiger partial charge in [-0.05, 0) is 44.8 Å². The molecule has 0 saturated carbocycles. The van der Waals surface area contributed by atoms with Crippen molar-refractivity contribution in [3.05, 3.63) is 42.0 Å². The molecule has 0 aliphatic carbocycles. The van der Waals surface area contributed by atoms with E-state index in [0.29, 0.717) is 6.61 Å². The molecule has 7 nitrogen and oxygen atoms in total. The minimum Gasteiger partial charge on any atom is -0.369 e. The Hall–Kier alpha value is -1.07. The molecule has 6 atom stereocenters. The second-order valence-corrected chi connectivity index (χ2v) is 13.5. The molecule has 0 aromatic heterocycles. The van der Waals surface area contributed by atoms with E-state index < -0.39 is 23.8 Å². The number of hydrogen-bond acceptors (Lipinski definition) is 8. The van der Waals surface area contributed by atoms with Crippen molar-refractivity contribution in [2.45, 2.75) is 94.2 Å². The van der Waals surface area contributed by atoms with Crippen molar-refractivity contribution in [1.29, 1.82) is 0 Å². The molecule has 1 amide bonds. The van der Waals surface area contributed by atoms with Crippen LogP contribution in [0.5, 0.6) is 0 Å². The standard InChI is InChI=1S/C28H41NO6S2/c1-8-36-26(37-9-2)21(24-23(34-28(5,6)35-24)20-17-32-27(3,4)33-20)29-19(22(31-7)25(29)30)16-15-18-13-11-10-12-14-18/h10-16,19-24,26H,8-9,17H2,1-7H3/b16-15+/t19-,20-,21-,22+,23-,24-/m1/s1. The van der Waals surface area contributed by atoms with Gasteiger partial charge in [-0.25, -0.2) is 0 Å². The summed E-state index contributed by atoms with van der Waals surface area (Å²) in [5.41, 5.74) is 1.08. The second-order valence-electron chi connectivity index (χ2n) is 10.4. The number of hydrogen-bond donors (Lipinski definition) is 0. The predicted octanol–water partition coefficient (Wildman–Crippen LogP) is 4.80. The Kier molecular flexibility index (Phi) is 9.37. The highest BCUT2D eigenvalue weighted by atomic mass is 32.2. The molecule has 0 N–H and O–H groups in total. The van der Waals surface area contributed by atoms with Gasteiger partial charge in [0.05, 0.1) is 23.3 Å². The molecule has 3 aliphatic heterocycles. The van der Waals surface area contributed by atoms with Crippen molar-refractivity contribution in [1.82, 2.24) is 4.90 Å². The van der Waals surface area contributed by atoms with Crippen LogP contribution in [0.4, 0.5) is 0 Å². The van der Waals surface area contributed by atoms with Gasteiger partial charge in [-0.1, -0.05) is 56.3 Å². The average Bonchev–Trinajstić information content (AvgIpc) is 3.38. The highest BCUT2D eigenvalue weighted by molar-refractivity contribution is 8.17. The molecule has 0 spiro atoms. The van der Waals surface area contributed by atoms with E-state index in [9.17, 15) is 4.79 Å². The fourth-order valence-corrected chi connectivity index (χ4v) is 8.15. The Morgan fingerprint density at radius 2 is 1.73 bits per heavy atom. The fourth-order valence-electron chi connectivity index (χ4n) is 5.32. The lowest BCUT2D eigenvalue weighted by molar-refractivity contribution is -0.182. The Labute approximate surface area is 229 Å². The van der Waals surface area contributed by atoms with Crippen molar-refractivity contribution in [3.8, 4) is 0 Å². The quantitative estimate of drug-likeness (QED) is 0.287. The lowest BCUT2D eigenvalue weighted by Crippen LogP contribution is -2.72. The summed E-state index contributed by atoms with van der Waals surface area (Å²) >= 11 is 3.68. The first-order chi connectivity index (χ1) is 17.6. The largest absolute Gasteiger partial charge is 0.369 e. The molecule has 3 fully saturated rings. The third kappa shape index (κ3) is 6.40. The summed E-state index contributed by atoms with van der Waals surface area (Å²) in [6.45, 7) is 12.4. The van der Waals surface area contributed by atoms with Crippen LogP contribution in [0.1, 0.15) is 47.1 Å². The predicted molar refractivity (Wildman–Crippen MR) is 149 cm³/mol. The van der Waals surface area contributed by atoms with Gasteiger partial charge in [-0.3, -0.25) is 4.79 Å². The van der Waals surface area contributed by atoms with Gasteiger partial charge in [0.2, 0.25) is 0 Å². The Balaban J connectivity index is 1.71. The van der Waals surface area contributed by atoms with Gasteiger partial charge >= 0.3 is 0 Å². The molecule has 0 unspecified atom stereocenters. The molecule has 9 heteroatoms. The first kappa shape index (κ1) is 28.9. The number of benzene rings is 1. The highest BCUT2D eigenvalue weighted by Crippen LogP contribution is 2.45. The zero-order chi connectivity index (χ0) is 26.8. The van der Waals surface area contributed by atoms with Crippen LogP contribution in [0.3, 0.4) is 0 Å². The summed E-state index contributed by atoms with van der Waals surface area (Å²) in [5, 5.41) is 0. The molecule has 3 saturated heterocycles. The maximum Gasteiger partial charge on any atom is 0.255 e. The molecule has 206 valence electrons. The number of ether oxygens (including phenoxy) is 5. The van der Waals surface area contributed by atoms with E-state index in [1.165, 1.54) is 0 Å². The average molecular weight is 552 g/mol. The van der Waals surface area contributed by atoms with Gasteiger partial charge in [0.1, 0.15) is 18.3 Å². The van der Waals surface area contributed by atoms with Crippen LogP contribution < -0.4 is 0 Å². The molecule has 1 aromatic rings. The zero-order valence-corrected chi connectivity index (χ0v) is 24.6. The van der Waals surface area contributed by atoms with Crippen LogP contribution in [-0.2, 0) is 28.5 Å². The first-order valence-electron chi connectivity index (χ1n) is 13.1. The van der Waals surface area contributed by atoms with Crippen molar-refractivity contribution in [3.63, 3.8) is 0 Å². The Morgan fingerprint density at radius 3 is 2.30 bits per heavy atom. The molecule has 0 radical (unpaired) electrons. The van der Waals surface area contributed by atoms with Gasteiger partial charge in [0, 0.05) is 7.11 Å². The molecule has 3 heterocycles. The molecule has 3 aliphatic rings. The van der Waals surface area contributed by atoms with Crippen molar-refractivity contribution in [2.24, 2.45) is 0 Å². The summed E-state index contributed by atoms with van der Waals surface area (Å²) in [5.74, 6) is 0.319. The van der Waals surface area contributed by atoms with E-state index >= 15 is 0 Å².